The third-order valence-corrected chi connectivity index (χ3v) is 1.91. The van der Waals surface area contributed by atoms with Crippen molar-refractivity contribution in [3.63, 3.8) is 0 Å². The summed E-state index contributed by atoms with van der Waals surface area (Å²) in [5.41, 5.74) is 1.18. The number of aromatic nitrogens is 2. The van der Waals surface area contributed by atoms with Crippen molar-refractivity contribution in [3.05, 3.63) is 17.2 Å². The van der Waals surface area contributed by atoms with Crippen LogP contribution in [0.5, 0.6) is 0 Å². The van der Waals surface area contributed by atoms with Crippen LogP contribution in [0.1, 0.15) is 28.9 Å². The van der Waals surface area contributed by atoms with Crippen LogP contribution in [0.25, 0.3) is 0 Å². The number of carbonyl (C=O) groups is 1. The Hall–Kier alpha value is -1.65. The van der Waals surface area contributed by atoms with Gasteiger partial charge in [0.25, 0.3) is 0 Å². The highest BCUT2D eigenvalue weighted by Gasteiger charge is 2.15. The average Bonchev–Trinajstić information content (AvgIpc) is 2.16. The molecule has 0 amide bonds. The molecular formula is C9H13N3O2. The van der Waals surface area contributed by atoms with E-state index in [1.54, 1.807) is 14.0 Å². The molecule has 1 aromatic heterocycles. The fourth-order valence-corrected chi connectivity index (χ4v) is 1.24. The monoisotopic (exact) mass is 195 g/mol. The van der Waals surface area contributed by atoms with E-state index in [-0.39, 0.29) is 5.69 Å². The van der Waals surface area contributed by atoms with Crippen LogP contribution in [-0.2, 0) is 6.42 Å². The smallest absolute Gasteiger partial charge is 0.356 e. The zero-order valence-corrected chi connectivity index (χ0v) is 8.46. The second kappa shape index (κ2) is 4.04. The number of nitrogens with one attached hydrogen (secondary N) is 1. The van der Waals surface area contributed by atoms with Gasteiger partial charge in [-0.1, -0.05) is 6.92 Å². The molecule has 0 atom stereocenters. The predicted octanol–water partition coefficient (Wildman–Crippen LogP) is 1.09. The van der Waals surface area contributed by atoms with Gasteiger partial charge < -0.3 is 10.4 Å². The first-order valence-electron chi connectivity index (χ1n) is 4.38. The maximum absolute atomic E-state index is 10.9. The molecular weight excluding hydrogens is 182 g/mol. The standard InChI is InChI=1S/C9H13N3O2/c1-4-6-11-5(2)7(10-3)8(12-6)9(13)14/h10H,4H2,1-3H3,(H,13,14). The number of anilines is 1. The van der Waals surface area contributed by atoms with Crippen molar-refractivity contribution in [2.24, 2.45) is 0 Å². The quantitative estimate of drug-likeness (QED) is 0.755. The summed E-state index contributed by atoms with van der Waals surface area (Å²) in [6.45, 7) is 3.65. The molecule has 0 saturated carbocycles. The van der Waals surface area contributed by atoms with Crippen LogP contribution >= 0.6 is 0 Å². The minimum absolute atomic E-state index is 0.0388. The van der Waals surface area contributed by atoms with Crippen LogP contribution in [0.4, 0.5) is 5.69 Å². The summed E-state index contributed by atoms with van der Waals surface area (Å²) >= 11 is 0. The lowest BCUT2D eigenvalue weighted by Crippen LogP contribution is -2.11. The highest BCUT2D eigenvalue weighted by Crippen LogP contribution is 2.16. The number of carboxylic acid groups (broad SMARTS) is 1. The second-order valence-corrected chi connectivity index (χ2v) is 2.86. The first kappa shape index (κ1) is 10.4. The number of aromatic carboxylic acids is 1. The summed E-state index contributed by atoms with van der Waals surface area (Å²) in [5.74, 6) is -0.478. The molecule has 0 bridgehead atoms. The predicted molar refractivity (Wildman–Crippen MR) is 52.7 cm³/mol. The lowest BCUT2D eigenvalue weighted by molar-refractivity contribution is 0.0691. The van der Waals surface area contributed by atoms with E-state index in [9.17, 15) is 4.79 Å². The van der Waals surface area contributed by atoms with E-state index in [0.717, 1.165) is 0 Å². The lowest BCUT2D eigenvalue weighted by Gasteiger charge is -2.08. The zero-order valence-electron chi connectivity index (χ0n) is 8.46. The highest BCUT2D eigenvalue weighted by molar-refractivity contribution is 5.92. The van der Waals surface area contributed by atoms with Crippen molar-refractivity contribution in [3.8, 4) is 0 Å². The van der Waals surface area contributed by atoms with E-state index in [4.69, 9.17) is 5.11 Å². The molecule has 1 rings (SSSR count). The van der Waals surface area contributed by atoms with E-state index in [0.29, 0.717) is 23.6 Å². The molecule has 0 aliphatic rings. The molecule has 0 radical (unpaired) electrons. The molecule has 0 aliphatic carbocycles. The van der Waals surface area contributed by atoms with Crippen molar-refractivity contribution >= 4 is 11.7 Å². The Morgan fingerprint density at radius 2 is 2.14 bits per heavy atom. The first-order valence-corrected chi connectivity index (χ1v) is 4.38. The first-order chi connectivity index (χ1) is 6.60. The summed E-state index contributed by atoms with van der Waals surface area (Å²) in [6, 6.07) is 0. The molecule has 0 spiro atoms. The van der Waals surface area contributed by atoms with Gasteiger partial charge in [-0.05, 0) is 6.92 Å². The zero-order chi connectivity index (χ0) is 10.7. The molecule has 5 nitrogen and oxygen atoms in total. The van der Waals surface area contributed by atoms with Crippen molar-refractivity contribution in [1.82, 2.24) is 9.97 Å². The Balaban J connectivity index is 3.35. The summed E-state index contributed by atoms with van der Waals surface area (Å²) in [6.07, 6.45) is 0.630. The van der Waals surface area contributed by atoms with Crippen LogP contribution < -0.4 is 5.32 Å². The van der Waals surface area contributed by atoms with E-state index in [2.05, 4.69) is 15.3 Å². The van der Waals surface area contributed by atoms with Gasteiger partial charge in [-0.15, -0.1) is 0 Å². The minimum Gasteiger partial charge on any atom is -0.476 e. The Labute approximate surface area is 82.2 Å². The molecule has 2 N–H and O–H groups in total. The van der Waals surface area contributed by atoms with Gasteiger partial charge >= 0.3 is 5.97 Å². The number of hydrogen-bond acceptors (Lipinski definition) is 4. The lowest BCUT2D eigenvalue weighted by atomic mass is 10.2. The van der Waals surface area contributed by atoms with E-state index in [1.165, 1.54) is 0 Å². The fraction of sp³-hybridized carbons (Fsp3) is 0.444. The summed E-state index contributed by atoms with van der Waals surface area (Å²) in [7, 11) is 1.66. The van der Waals surface area contributed by atoms with Crippen LogP contribution in [0.3, 0.4) is 0 Å². The number of aryl methyl sites for hydroxylation is 2. The molecule has 14 heavy (non-hydrogen) atoms. The maximum Gasteiger partial charge on any atom is 0.356 e. The normalized spacial score (nSPS) is 9.93. The summed E-state index contributed by atoms with van der Waals surface area (Å²) in [5, 5.41) is 11.7. The Morgan fingerprint density at radius 1 is 1.50 bits per heavy atom. The van der Waals surface area contributed by atoms with Crippen LogP contribution in [0, 0.1) is 6.92 Å². The van der Waals surface area contributed by atoms with Gasteiger partial charge in [-0.25, -0.2) is 14.8 Å². The Bertz CT molecular complexity index is 363. The molecule has 0 aliphatic heterocycles. The average molecular weight is 195 g/mol. The largest absolute Gasteiger partial charge is 0.476 e. The molecule has 0 saturated heterocycles. The maximum atomic E-state index is 10.9. The van der Waals surface area contributed by atoms with Crippen molar-refractivity contribution in [2.75, 3.05) is 12.4 Å². The van der Waals surface area contributed by atoms with Crippen LogP contribution in [0.15, 0.2) is 0 Å². The number of nitrogens with zero attached hydrogens (tertiary/aromatic N) is 2. The van der Waals surface area contributed by atoms with E-state index >= 15 is 0 Å². The second-order valence-electron chi connectivity index (χ2n) is 2.86. The van der Waals surface area contributed by atoms with Gasteiger partial charge in [0.05, 0.1) is 11.4 Å². The third kappa shape index (κ3) is 1.81. The highest BCUT2D eigenvalue weighted by atomic mass is 16.4. The van der Waals surface area contributed by atoms with Gasteiger partial charge in [0.15, 0.2) is 5.69 Å². The van der Waals surface area contributed by atoms with Crippen LogP contribution in [-0.4, -0.2) is 28.1 Å². The van der Waals surface area contributed by atoms with E-state index in [1.807, 2.05) is 6.92 Å². The molecule has 1 heterocycles. The molecule has 0 unspecified atom stereocenters. The van der Waals surface area contributed by atoms with Crippen molar-refractivity contribution in [2.45, 2.75) is 20.3 Å². The van der Waals surface area contributed by atoms with Crippen molar-refractivity contribution in [1.29, 1.82) is 0 Å². The fourth-order valence-electron chi connectivity index (χ4n) is 1.24. The minimum atomic E-state index is -1.03. The topological polar surface area (TPSA) is 75.1 Å². The van der Waals surface area contributed by atoms with Gasteiger partial charge in [-0.3, -0.25) is 0 Å². The molecule has 0 aromatic carbocycles. The van der Waals surface area contributed by atoms with Gasteiger partial charge in [0, 0.05) is 13.5 Å². The van der Waals surface area contributed by atoms with E-state index < -0.39 is 5.97 Å². The number of rotatable bonds is 3. The summed E-state index contributed by atoms with van der Waals surface area (Å²) < 4.78 is 0. The summed E-state index contributed by atoms with van der Waals surface area (Å²) in [4.78, 5) is 19.0. The van der Waals surface area contributed by atoms with Gasteiger partial charge in [0.2, 0.25) is 0 Å². The third-order valence-electron chi connectivity index (χ3n) is 1.91. The molecule has 76 valence electrons. The van der Waals surface area contributed by atoms with Gasteiger partial charge in [0.1, 0.15) is 5.82 Å². The number of hydrogen-bond donors (Lipinski definition) is 2. The van der Waals surface area contributed by atoms with Gasteiger partial charge in [-0.2, -0.15) is 0 Å². The molecule has 5 heteroatoms. The number of carboxylic acids is 1. The Kier molecular flexibility index (Phi) is 3.01. The molecule has 0 fully saturated rings. The van der Waals surface area contributed by atoms with Crippen molar-refractivity contribution < 1.29 is 9.90 Å². The molecule has 1 aromatic rings. The van der Waals surface area contributed by atoms with Crippen LogP contribution in [0.2, 0.25) is 0 Å². The Morgan fingerprint density at radius 3 is 2.57 bits per heavy atom. The SMILES string of the molecule is CCc1nc(C)c(NC)c(C(=O)O)n1.